The molecule has 0 fully saturated rings. The van der Waals surface area contributed by atoms with E-state index in [1.54, 1.807) is 18.3 Å². The molecule has 1 N–H and O–H groups in total. The average Bonchev–Trinajstić information content (AvgIpc) is 2.44. The summed E-state index contributed by atoms with van der Waals surface area (Å²) in [5, 5.41) is 2.65. The van der Waals surface area contributed by atoms with Crippen LogP contribution in [0.2, 0.25) is 0 Å². The van der Waals surface area contributed by atoms with Gasteiger partial charge < -0.3 is 10.1 Å². The van der Waals surface area contributed by atoms with Gasteiger partial charge in [-0.1, -0.05) is 0 Å². The maximum Gasteiger partial charge on any atom is 0.255 e. The number of nitrogens with zero attached hydrogens (tertiary/aromatic N) is 1. The van der Waals surface area contributed by atoms with Crippen LogP contribution < -0.4 is 5.32 Å². The number of carbonyl (C=O) groups excluding carboxylic acids is 1. The molecule has 1 aromatic heterocycles. The van der Waals surface area contributed by atoms with Crippen LogP contribution in [0.15, 0.2) is 18.3 Å². The summed E-state index contributed by atoms with van der Waals surface area (Å²) in [6.07, 6.45) is 1.26. The highest BCUT2D eigenvalue weighted by Gasteiger charge is 2.28. The summed E-state index contributed by atoms with van der Waals surface area (Å²) in [7, 11) is 1.54. The summed E-state index contributed by atoms with van der Waals surface area (Å²) in [6, 6.07) is 3.47. The van der Waals surface area contributed by atoms with Gasteiger partial charge in [0.05, 0.1) is 5.56 Å². The van der Waals surface area contributed by atoms with Gasteiger partial charge in [0.15, 0.2) is 6.23 Å². The maximum atomic E-state index is 11.2. The molecule has 0 saturated heterocycles. The van der Waals surface area contributed by atoms with E-state index in [4.69, 9.17) is 4.74 Å². The molecule has 0 spiro atoms. The van der Waals surface area contributed by atoms with Crippen molar-refractivity contribution in [1.82, 2.24) is 10.3 Å². The van der Waals surface area contributed by atoms with E-state index in [9.17, 15) is 4.79 Å². The zero-order valence-electron chi connectivity index (χ0n) is 6.57. The molecule has 0 aliphatic carbocycles. The lowest BCUT2D eigenvalue weighted by molar-refractivity contribution is 0.0651. The second-order valence-electron chi connectivity index (χ2n) is 2.53. The van der Waals surface area contributed by atoms with Crippen molar-refractivity contribution >= 4 is 5.91 Å². The first-order valence-corrected chi connectivity index (χ1v) is 3.61. The molecule has 1 unspecified atom stereocenters. The number of methoxy groups -OCH3 is 1. The summed E-state index contributed by atoms with van der Waals surface area (Å²) in [4.78, 5) is 15.3. The number of amides is 1. The molecule has 4 heteroatoms. The molecule has 0 aromatic carbocycles. The van der Waals surface area contributed by atoms with Gasteiger partial charge >= 0.3 is 0 Å². The highest BCUT2D eigenvalue weighted by Crippen LogP contribution is 2.22. The van der Waals surface area contributed by atoms with Crippen LogP contribution in [-0.4, -0.2) is 18.0 Å². The Hall–Kier alpha value is -1.42. The van der Waals surface area contributed by atoms with E-state index >= 15 is 0 Å². The first-order valence-electron chi connectivity index (χ1n) is 3.61. The summed E-state index contributed by atoms with van der Waals surface area (Å²) in [5.74, 6) is -0.120. The largest absolute Gasteiger partial charge is 0.356 e. The fourth-order valence-corrected chi connectivity index (χ4v) is 1.25. The van der Waals surface area contributed by atoms with Crippen molar-refractivity contribution in [2.24, 2.45) is 0 Å². The summed E-state index contributed by atoms with van der Waals surface area (Å²) in [5.41, 5.74) is 1.27. The summed E-state index contributed by atoms with van der Waals surface area (Å²) < 4.78 is 5.01. The Balaban J connectivity index is 2.50. The van der Waals surface area contributed by atoms with Gasteiger partial charge in [0, 0.05) is 13.3 Å². The molecule has 62 valence electrons. The molecule has 0 radical (unpaired) electrons. The van der Waals surface area contributed by atoms with E-state index in [1.807, 2.05) is 0 Å². The molecule has 2 rings (SSSR count). The normalized spacial score (nSPS) is 20.4. The Kier molecular flexibility index (Phi) is 1.55. The average molecular weight is 164 g/mol. The Morgan fingerprint density at radius 3 is 3.25 bits per heavy atom. The van der Waals surface area contributed by atoms with E-state index in [2.05, 4.69) is 10.3 Å². The molecule has 1 aromatic rings. The minimum Gasteiger partial charge on any atom is -0.356 e. The van der Waals surface area contributed by atoms with E-state index in [-0.39, 0.29) is 12.1 Å². The Labute approximate surface area is 69.6 Å². The van der Waals surface area contributed by atoms with Crippen LogP contribution >= 0.6 is 0 Å². The van der Waals surface area contributed by atoms with E-state index in [0.29, 0.717) is 11.3 Å². The zero-order valence-corrected chi connectivity index (χ0v) is 6.57. The van der Waals surface area contributed by atoms with Crippen LogP contribution in [0.1, 0.15) is 22.3 Å². The minimum atomic E-state index is -0.381. The van der Waals surface area contributed by atoms with E-state index in [0.717, 1.165) is 0 Å². The Bertz CT molecular complexity index is 325. The van der Waals surface area contributed by atoms with Crippen LogP contribution in [0.5, 0.6) is 0 Å². The summed E-state index contributed by atoms with van der Waals surface area (Å²) >= 11 is 0. The molecular weight excluding hydrogens is 156 g/mol. The van der Waals surface area contributed by atoms with Crippen LogP contribution in [0.3, 0.4) is 0 Å². The van der Waals surface area contributed by atoms with Crippen molar-refractivity contribution < 1.29 is 9.53 Å². The molecular formula is C8H8N2O2. The number of pyridine rings is 1. The quantitative estimate of drug-likeness (QED) is 0.656. The zero-order chi connectivity index (χ0) is 8.55. The SMILES string of the molecule is COC1NC(=O)c2cccnc21. The highest BCUT2D eigenvalue weighted by atomic mass is 16.5. The van der Waals surface area contributed by atoms with Crippen molar-refractivity contribution in [3.05, 3.63) is 29.6 Å². The lowest BCUT2D eigenvalue weighted by atomic mass is 10.2. The third-order valence-electron chi connectivity index (χ3n) is 1.83. The van der Waals surface area contributed by atoms with E-state index in [1.165, 1.54) is 7.11 Å². The van der Waals surface area contributed by atoms with Gasteiger partial charge in [-0.25, -0.2) is 0 Å². The smallest absolute Gasteiger partial charge is 0.255 e. The fraction of sp³-hybridized carbons (Fsp3) is 0.250. The molecule has 1 aliphatic rings. The third-order valence-corrected chi connectivity index (χ3v) is 1.83. The number of rotatable bonds is 1. The molecule has 2 heterocycles. The Morgan fingerprint density at radius 1 is 1.67 bits per heavy atom. The van der Waals surface area contributed by atoms with Gasteiger partial charge in [-0.05, 0) is 12.1 Å². The third kappa shape index (κ3) is 0.887. The first kappa shape index (κ1) is 7.24. The standard InChI is InChI=1S/C8H8N2O2/c1-12-8-6-5(7(11)10-8)3-2-4-9-6/h2-4,8H,1H3,(H,10,11). The second kappa shape index (κ2) is 2.57. The van der Waals surface area contributed by atoms with Crippen LogP contribution in [0.4, 0.5) is 0 Å². The van der Waals surface area contributed by atoms with Crippen molar-refractivity contribution in [2.75, 3.05) is 7.11 Å². The predicted molar refractivity (Wildman–Crippen MR) is 41.5 cm³/mol. The maximum absolute atomic E-state index is 11.2. The van der Waals surface area contributed by atoms with E-state index < -0.39 is 0 Å². The number of nitrogens with one attached hydrogen (secondary N) is 1. The number of aromatic nitrogens is 1. The van der Waals surface area contributed by atoms with Crippen molar-refractivity contribution in [1.29, 1.82) is 0 Å². The van der Waals surface area contributed by atoms with Gasteiger partial charge in [-0.15, -0.1) is 0 Å². The topological polar surface area (TPSA) is 51.2 Å². The number of fused-ring (bicyclic) bond motifs is 1. The lowest BCUT2D eigenvalue weighted by Crippen LogP contribution is -2.20. The molecule has 4 nitrogen and oxygen atoms in total. The second-order valence-corrected chi connectivity index (χ2v) is 2.53. The first-order chi connectivity index (χ1) is 5.83. The molecule has 1 amide bonds. The Morgan fingerprint density at radius 2 is 2.50 bits per heavy atom. The number of hydrogen-bond acceptors (Lipinski definition) is 3. The van der Waals surface area contributed by atoms with Crippen LogP contribution in [0, 0.1) is 0 Å². The molecule has 1 atom stereocenters. The summed E-state index contributed by atoms with van der Waals surface area (Å²) in [6.45, 7) is 0. The minimum absolute atomic E-state index is 0.120. The van der Waals surface area contributed by atoms with Crippen molar-refractivity contribution in [3.8, 4) is 0 Å². The molecule has 1 aliphatic heterocycles. The van der Waals surface area contributed by atoms with Gasteiger partial charge in [-0.3, -0.25) is 9.78 Å². The predicted octanol–water partition coefficient (Wildman–Crippen LogP) is 0.470. The van der Waals surface area contributed by atoms with Gasteiger partial charge in [-0.2, -0.15) is 0 Å². The van der Waals surface area contributed by atoms with Crippen LogP contribution in [-0.2, 0) is 4.74 Å². The van der Waals surface area contributed by atoms with Crippen LogP contribution in [0.25, 0.3) is 0 Å². The molecule has 0 bridgehead atoms. The lowest BCUT2D eigenvalue weighted by Gasteiger charge is -2.06. The van der Waals surface area contributed by atoms with Gasteiger partial charge in [0.25, 0.3) is 5.91 Å². The monoisotopic (exact) mass is 164 g/mol. The van der Waals surface area contributed by atoms with Crippen molar-refractivity contribution in [2.45, 2.75) is 6.23 Å². The highest BCUT2D eigenvalue weighted by molar-refractivity contribution is 5.98. The van der Waals surface area contributed by atoms with Gasteiger partial charge in [0.2, 0.25) is 0 Å². The number of carbonyl (C=O) groups is 1. The number of hydrogen-bond donors (Lipinski definition) is 1. The van der Waals surface area contributed by atoms with Gasteiger partial charge in [0.1, 0.15) is 5.69 Å². The number of ether oxygens (including phenoxy) is 1. The molecule has 0 saturated carbocycles. The fourth-order valence-electron chi connectivity index (χ4n) is 1.25. The van der Waals surface area contributed by atoms with Crippen molar-refractivity contribution in [3.63, 3.8) is 0 Å². The molecule has 12 heavy (non-hydrogen) atoms.